The molecule has 30 heavy (non-hydrogen) atoms. The lowest BCUT2D eigenvalue weighted by molar-refractivity contribution is -0.142. The molecule has 1 aliphatic heterocycles. The van der Waals surface area contributed by atoms with Crippen LogP contribution in [0.2, 0.25) is 0 Å². The Kier molecular flexibility index (Phi) is 8.60. The Balaban J connectivity index is 0.00000320. The van der Waals surface area contributed by atoms with Crippen LogP contribution >= 0.6 is 36.4 Å². The summed E-state index contributed by atoms with van der Waals surface area (Å²) in [6, 6.07) is 10.8. The van der Waals surface area contributed by atoms with Crippen LogP contribution < -0.4 is 15.8 Å². The standard InChI is InChI=1S/C20H19FN2O4S2.ClH/c1-26-19(25)16(22)8-11-2-5-13(6-3-11)27-14-7-4-12(15(21)10-14)9-17-18(24)23-20(28)29-17;/h2-7,10,16-17H,8-9,22H2,1H3,(H,23,24,28);1H/t16-,17?;/m0./s1. The SMILES string of the molecule is COC(=O)[C@@H](N)Cc1ccc(Oc2ccc(CC3SC(=S)NC3=O)c(F)c2)cc1.Cl. The van der Waals surface area contributed by atoms with Crippen LogP contribution in [0.5, 0.6) is 11.5 Å². The van der Waals surface area contributed by atoms with E-state index in [2.05, 4.69) is 10.1 Å². The van der Waals surface area contributed by atoms with E-state index in [-0.39, 0.29) is 24.7 Å². The van der Waals surface area contributed by atoms with Crippen LogP contribution in [0.1, 0.15) is 11.1 Å². The summed E-state index contributed by atoms with van der Waals surface area (Å²) in [6.07, 6.45) is 0.588. The molecule has 0 spiro atoms. The Morgan fingerprint density at radius 1 is 1.27 bits per heavy atom. The monoisotopic (exact) mass is 470 g/mol. The second-order valence-electron chi connectivity index (χ2n) is 6.42. The smallest absolute Gasteiger partial charge is 0.322 e. The number of esters is 1. The summed E-state index contributed by atoms with van der Waals surface area (Å²) in [5, 5.41) is 2.13. The van der Waals surface area contributed by atoms with Gasteiger partial charge in [-0.2, -0.15) is 0 Å². The van der Waals surface area contributed by atoms with Crippen molar-refractivity contribution in [1.29, 1.82) is 0 Å². The number of carbonyl (C=O) groups excluding carboxylic acids is 2. The molecule has 160 valence electrons. The molecule has 10 heteroatoms. The molecule has 2 aromatic rings. The van der Waals surface area contributed by atoms with Crippen LogP contribution in [0.25, 0.3) is 0 Å². The maximum absolute atomic E-state index is 14.4. The third-order valence-corrected chi connectivity index (χ3v) is 5.69. The van der Waals surface area contributed by atoms with Crippen molar-refractivity contribution in [2.45, 2.75) is 24.1 Å². The zero-order valence-corrected chi connectivity index (χ0v) is 18.4. The number of nitrogens with two attached hydrogens (primary N) is 1. The molecule has 2 atom stereocenters. The van der Waals surface area contributed by atoms with Crippen LogP contribution in [-0.2, 0) is 27.2 Å². The largest absolute Gasteiger partial charge is 0.468 e. The fourth-order valence-electron chi connectivity index (χ4n) is 2.80. The first-order valence-electron chi connectivity index (χ1n) is 8.76. The van der Waals surface area contributed by atoms with Gasteiger partial charge in [-0.1, -0.05) is 42.2 Å². The molecule has 1 unspecified atom stereocenters. The van der Waals surface area contributed by atoms with Gasteiger partial charge < -0.3 is 20.5 Å². The number of amides is 1. The molecular weight excluding hydrogens is 451 g/mol. The van der Waals surface area contributed by atoms with E-state index in [0.29, 0.717) is 27.8 Å². The van der Waals surface area contributed by atoms with Crippen LogP contribution in [-0.4, -0.2) is 34.6 Å². The predicted octanol–water partition coefficient (Wildman–Crippen LogP) is 3.14. The normalized spacial score (nSPS) is 16.4. The van der Waals surface area contributed by atoms with E-state index < -0.39 is 23.1 Å². The van der Waals surface area contributed by atoms with E-state index in [1.807, 2.05) is 0 Å². The van der Waals surface area contributed by atoms with Gasteiger partial charge in [0.2, 0.25) is 5.91 Å². The fraction of sp³-hybridized carbons (Fsp3) is 0.250. The van der Waals surface area contributed by atoms with Gasteiger partial charge >= 0.3 is 5.97 Å². The van der Waals surface area contributed by atoms with Crippen molar-refractivity contribution in [2.75, 3.05) is 7.11 Å². The van der Waals surface area contributed by atoms with Crippen LogP contribution in [0.4, 0.5) is 4.39 Å². The minimum Gasteiger partial charge on any atom is -0.468 e. The van der Waals surface area contributed by atoms with E-state index in [1.165, 1.54) is 24.9 Å². The van der Waals surface area contributed by atoms with Gasteiger partial charge in [-0.05, 0) is 42.2 Å². The van der Waals surface area contributed by atoms with Crippen LogP contribution in [0.3, 0.4) is 0 Å². The molecule has 3 rings (SSSR count). The number of rotatable bonds is 7. The third-order valence-electron chi connectivity index (χ3n) is 4.32. The number of carbonyl (C=O) groups is 2. The summed E-state index contributed by atoms with van der Waals surface area (Å²) < 4.78 is 25.1. The summed E-state index contributed by atoms with van der Waals surface area (Å²) in [6.45, 7) is 0. The predicted molar refractivity (Wildman–Crippen MR) is 120 cm³/mol. The average Bonchev–Trinajstić information content (AvgIpc) is 3.01. The molecule has 1 heterocycles. The first-order chi connectivity index (χ1) is 13.9. The zero-order valence-electron chi connectivity index (χ0n) is 15.9. The number of hydrogen-bond acceptors (Lipinski definition) is 7. The van der Waals surface area contributed by atoms with Gasteiger partial charge in [0.05, 0.1) is 12.4 Å². The molecule has 0 aliphatic carbocycles. The summed E-state index contributed by atoms with van der Waals surface area (Å²) in [7, 11) is 1.29. The lowest BCUT2D eigenvalue weighted by atomic mass is 10.1. The molecule has 6 nitrogen and oxygen atoms in total. The molecule has 2 aromatic carbocycles. The van der Waals surface area contributed by atoms with Crippen molar-refractivity contribution in [3.63, 3.8) is 0 Å². The summed E-state index contributed by atoms with van der Waals surface area (Å²) in [4.78, 5) is 23.1. The molecule has 0 bridgehead atoms. The van der Waals surface area contributed by atoms with Crippen molar-refractivity contribution >= 4 is 52.6 Å². The van der Waals surface area contributed by atoms with Crippen LogP contribution in [0, 0.1) is 5.82 Å². The van der Waals surface area contributed by atoms with Gasteiger partial charge in [0.1, 0.15) is 27.7 Å². The Bertz CT molecular complexity index is 943. The number of ether oxygens (including phenoxy) is 2. The fourth-order valence-corrected chi connectivity index (χ4v) is 4.10. The summed E-state index contributed by atoms with van der Waals surface area (Å²) in [5.74, 6) is -0.273. The number of thiocarbonyl (C=S) groups is 1. The Labute approximate surface area is 189 Å². The number of halogens is 2. The zero-order chi connectivity index (χ0) is 21.0. The molecule has 0 aromatic heterocycles. The van der Waals surface area contributed by atoms with E-state index in [4.69, 9.17) is 22.7 Å². The molecular formula is C20H20ClFN2O4S2. The van der Waals surface area contributed by atoms with Gasteiger partial charge in [0, 0.05) is 6.07 Å². The lowest BCUT2D eigenvalue weighted by Gasteiger charge is -2.11. The molecule has 0 saturated carbocycles. The highest BCUT2D eigenvalue weighted by Crippen LogP contribution is 2.28. The van der Waals surface area contributed by atoms with E-state index in [1.54, 1.807) is 36.4 Å². The lowest BCUT2D eigenvalue weighted by Crippen LogP contribution is -2.33. The second kappa shape index (κ2) is 10.7. The second-order valence-corrected chi connectivity index (χ2v) is 8.30. The molecule has 1 fully saturated rings. The molecule has 1 saturated heterocycles. The van der Waals surface area contributed by atoms with E-state index >= 15 is 0 Å². The van der Waals surface area contributed by atoms with E-state index in [9.17, 15) is 14.0 Å². The van der Waals surface area contributed by atoms with Gasteiger partial charge in [-0.3, -0.25) is 9.59 Å². The quantitative estimate of drug-likeness (QED) is 0.474. The van der Waals surface area contributed by atoms with Crippen LogP contribution in [0.15, 0.2) is 42.5 Å². The summed E-state index contributed by atoms with van der Waals surface area (Å²) in [5.41, 5.74) is 7.01. The number of nitrogens with one attached hydrogen (secondary N) is 1. The van der Waals surface area contributed by atoms with E-state index in [0.717, 1.165) is 5.56 Å². The van der Waals surface area contributed by atoms with Crippen molar-refractivity contribution in [1.82, 2.24) is 5.32 Å². The van der Waals surface area contributed by atoms with Crippen molar-refractivity contribution in [3.8, 4) is 11.5 Å². The van der Waals surface area contributed by atoms with Gasteiger partial charge in [-0.25, -0.2) is 4.39 Å². The van der Waals surface area contributed by atoms with Gasteiger partial charge in [0.15, 0.2) is 0 Å². The maximum Gasteiger partial charge on any atom is 0.322 e. The highest BCUT2D eigenvalue weighted by molar-refractivity contribution is 8.24. The Hall–Kier alpha value is -2.20. The van der Waals surface area contributed by atoms with Crippen molar-refractivity contribution < 1.29 is 23.5 Å². The molecule has 3 N–H and O–H groups in total. The van der Waals surface area contributed by atoms with Gasteiger partial charge in [0.25, 0.3) is 0 Å². The first-order valence-corrected chi connectivity index (χ1v) is 10.0. The Morgan fingerprint density at radius 2 is 1.93 bits per heavy atom. The number of thioether (sulfide) groups is 1. The first kappa shape index (κ1) is 24.1. The molecule has 1 aliphatic rings. The molecule has 0 radical (unpaired) electrons. The summed E-state index contributed by atoms with van der Waals surface area (Å²) >= 11 is 6.18. The average molecular weight is 471 g/mol. The highest BCUT2D eigenvalue weighted by Gasteiger charge is 2.29. The van der Waals surface area contributed by atoms with Crippen molar-refractivity contribution in [3.05, 3.63) is 59.4 Å². The minimum absolute atomic E-state index is 0. The number of hydrogen-bond donors (Lipinski definition) is 2. The topological polar surface area (TPSA) is 90.7 Å². The third kappa shape index (κ3) is 6.15. The highest BCUT2D eigenvalue weighted by atomic mass is 35.5. The minimum atomic E-state index is -0.733. The van der Waals surface area contributed by atoms with Gasteiger partial charge in [-0.15, -0.1) is 12.4 Å². The molecule has 1 amide bonds. The van der Waals surface area contributed by atoms with Crippen molar-refractivity contribution in [2.24, 2.45) is 5.73 Å². The maximum atomic E-state index is 14.4. The number of benzene rings is 2. The number of methoxy groups -OCH3 is 1. The Morgan fingerprint density at radius 3 is 2.50 bits per heavy atom.